The molecule has 3 aromatic carbocycles. The highest BCUT2D eigenvalue weighted by Gasteiger charge is 2.28. The molecule has 5 rings (SSSR count). The molecule has 0 aliphatic rings. The second kappa shape index (κ2) is 12.0. The molecule has 0 aliphatic heterocycles. The number of methoxy groups -OCH3 is 2. The molecule has 0 aliphatic carbocycles. The van der Waals surface area contributed by atoms with Gasteiger partial charge in [0.25, 0.3) is 0 Å². The van der Waals surface area contributed by atoms with Crippen molar-refractivity contribution in [3.05, 3.63) is 113 Å². The summed E-state index contributed by atoms with van der Waals surface area (Å²) in [5.74, 6) is -0.0992. The van der Waals surface area contributed by atoms with Crippen LogP contribution < -0.4 is 9.47 Å². The highest BCUT2D eigenvalue weighted by molar-refractivity contribution is 7.89. The van der Waals surface area contributed by atoms with Crippen LogP contribution in [0.2, 0.25) is 0 Å². The maximum absolute atomic E-state index is 14.6. The molecular formula is C30H28FN3O4S2. The van der Waals surface area contributed by atoms with E-state index in [1.807, 2.05) is 78.3 Å². The van der Waals surface area contributed by atoms with Gasteiger partial charge in [0.15, 0.2) is 11.6 Å². The van der Waals surface area contributed by atoms with Gasteiger partial charge in [-0.3, -0.25) is 0 Å². The van der Waals surface area contributed by atoms with Crippen LogP contribution in [0.15, 0.2) is 101 Å². The van der Waals surface area contributed by atoms with Crippen molar-refractivity contribution >= 4 is 21.4 Å². The topological polar surface area (TPSA) is 73.7 Å². The number of nitrogens with zero attached hydrogens (tertiary/aromatic N) is 3. The minimum absolute atomic E-state index is 0.0199. The third kappa shape index (κ3) is 5.94. The molecular weight excluding hydrogens is 549 g/mol. The normalized spacial score (nSPS) is 11.6. The van der Waals surface area contributed by atoms with Gasteiger partial charge in [-0.15, -0.1) is 11.3 Å². The lowest BCUT2D eigenvalue weighted by Gasteiger charge is -2.22. The van der Waals surface area contributed by atoms with Crippen LogP contribution >= 0.6 is 11.3 Å². The number of rotatable bonds is 11. The van der Waals surface area contributed by atoms with Gasteiger partial charge in [-0.25, -0.2) is 17.5 Å². The zero-order valence-electron chi connectivity index (χ0n) is 22.0. The van der Waals surface area contributed by atoms with Crippen molar-refractivity contribution < 1.29 is 22.3 Å². The predicted octanol–water partition coefficient (Wildman–Crippen LogP) is 6.19. The third-order valence-corrected chi connectivity index (χ3v) is 9.23. The van der Waals surface area contributed by atoms with Crippen molar-refractivity contribution in [1.82, 2.24) is 14.1 Å². The Morgan fingerprint density at radius 1 is 0.950 bits per heavy atom. The number of sulfonamides is 1. The second-order valence-corrected chi connectivity index (χ2v) is 11.9. The van der Waals surface area contributed by atoms with Crippen LogP contribution in [0, 0.1) is 5.82 Å². The third-order valence-electron chi connectivity index (χ3n) is 6.45. The molecule has 0 saturated carbocycles. The van der Waals surface area contributed by atoms with E-state index >= 15 is 0 Å². The Hall–Kier alpha value is -3.99. The molecule has 0 saturated heterocycles. The lowest BCUT2D eigenvalue weighted by atomic mass is 10.1. The molecule has 40 heavy (non-hydrogen) atoms. The van der Waals surface area contributed by atoms with Crippen molar-refractivity contribution in [2.75, 3.05) is 20.8 Å². The molecule has 0 fully saturated rings. The summed E-state index contributed by atoms with van der Waals surface area (Å²) in [6.45, 7) is 0.227. The fraction of sp³-hybridized carbons (Fsp3) is 0.167. The Bertz CT molecular complexity index is 1690. The fourth-order valence-corrected chi connectivity index (χ4v) is 6.50. The summed E-state index contributed by atoms with van der Waals surface area (Å²) in [6.07, 6.45) is 2.35. The molecule has 0 N–H and O–H groups in total. The van der Waals surface area contributed by atoms with Crippen LogP contribution in [-0.2, 0) is 23.0 Å². The number of para-hydroxylation sites is 1. The van der Waals surface area contributed by atoms with Crippen LogP contribution in [0.5, 0.6) is 11.5 Å². The molecule has 0 unspecified atom stereocenters. The summed E-state index contributed by atoms with van der Waals surface area (Å²) in [4.78, 5) is 0.907. The molecule has 0 bridgehead atoms. The minimum Gasteiger partial charge on any atom is -0.497 e. The average Bonchev–Trinajstić information content (AvgIpc) is 3.66. The van der Waals surface area contributed by atoms with Gasteiger partial charge in [-0.2, -0.15) is 9.40 Å². The van der Waals surface area contributed by atoms with E-state index in [9.17, 15) is 12.8 Å². The van der Waals surface area contributed by atoms with Gasteiger partial charge < -0.3 is 9.47 Å². The second-order valence-electron chi connectivity index (χ2n) is 8.98. The number of hydrogen-bond acceptors (Lipinski definition) is 6. The van der Waals surface area contributed by atoms with Crippen LogP contribution in [0.4, 0.5) is 4.39 Å². The van der Waals surface area contributed by atoms with Crippen LogP contribution in [0.25, 0.3) is 16.9 Å². The SMILES string of the molecule is COc1cccc(-c2nn(-c3ccccc3)cc2CN(CCc2cccs2)S(=O)(=O)c2ccc(OC)c(F)c2)c1. The Labute approximate surface area is 237 Å². The summed E-state index contributed by atoms with van der Waals surface area (Å²) in [5.41, 5.74) is 2.94. The van der Waals surface area contributed by atoms with Gasteiger partial charge >= 0.3 is 0 Å². The van der Waals surface area contributed by atoms with Gasteiger partial charge in [0.1, 0.15) is 5.75 Å². The van der Waals surface area contributed by atoms with Crippen molar-refractivity contribution in [2.24, 2.45) is 0 Å². The largest absolute Gasteiger partial charge is 0.497 e. The fourth-order valence-electron chi connectivity index (χ4n) is 4.37. The summed E-state index contributed by atoms with van der Waals surface area (Å²) in [5, 5.41) is 6.80. The molecule has 0 atom stereocenters. The van der Waals surface area contributed by atoms with Crippen molar-refractivity contribution in [3.8, 4) is 28.4 Å². The zero-order valence-corrected chi connectivity index (χ0v) is 23.7. The van der Waals surface area contributed by atoms with Crippen LogP contribution in [0.1, 0.15) is 10.4 Å². The van der Waals surface area contributed by atoms with Crippen molar-refractivity contribution in [1.29, 1.82) is 0 Å². The molecule has 0 spiro atoms. The number of hydrogen-bond donors (Lipinski definition) is 0. The molecule has 0 amide bonds. The number of thiophene rings is 1. The Balaban J connectivity index is 1.58. The first-order valence-corrected chi connectivity index (χ1v) is 14.9. The van der Waals surface area contributed by atoms with Gasteiger partial charge in [0.2, 0.25) is 10.0 Å². The quantitative estimate of drug-likeness (QED) is 0.187. The van der Waals surface area contributed by atoms with Crippen LogP contribution in [-0.4, -0.2) is 43.3 Å². The van der Waals surface area contributed by atoms with Crippen molar-refractivity contribution in [2.45, 2.75) is 17.9 Å². The van der Waals surface area contributed by atoms with E-state index in [1.165, 1.54) is 23.5 Å². The lowest BCUT2D eigenvalue weighted by Crippen LogP contribution is -2.32. The van der Waals surface area contributed by atoms with E-state index in [0.29, 0.717) is 23.4 Å². The first-order valence-electron chi connectivity index (χ1n) is 12.5. The van der Waals surface area contributed by atoms with E-state index in [0.717, 1.165) is 22.2 Å². The maximum atomic E-state index is 14.6. The first kappa shape index (κ1) is 27.6. The van der Waals surface area contributed by atoms with E-state index in [4.69, 9.17) is 14.6 Å². The highest BCUT2D eigenvalue weighted by Crippen LogP contribution is 2.30. The summed E-state index contributed by atoms with van der Waals surface area (Å²) in [7, 11) is -1.16. The molecule has 2 heterocycles. The highest BCUT2D eigenvalue weighted by atomic mass is 32.2. The molecule has 7 nitrogen and oxygen atoms in total. The average molecular weight is 578 g/mol. The van der Waals surface area contributed by atoms with E-state index in [2.05, 4.69) is 0 Å². The number of benzene rings is 3. The molecule has 10 heteroatoms. The predicted molar refractivity (Wildman–Crippen MR) is 154 cm³/mol. The van der Waals surface area contributed by atoms with E-state index in [-0.39, 0.29) is 23.7 Å². The van der Waals surface area contributed by atoms with Gasteiger partial charge in [-0.1, -0.05) is 36.4 Å². The van der Waals surface area contributed by atoms with E-state index < -0.39 is 15.8 Å². The Kier molecular flexibility index (Phi) is 8.29. The molecule has 5 aromatic rings. The Morgan fingerprint density at radius 2 is 1.77 bits per heavy atom. The number of ether oxygens (including phenoxy) is 2. The summed E-state index contributed by atoms with van der Waals surface area (Å²) in [6, 6.07) is 24.7. The van der Waals surface area contributed by atoms with Gasteiger partial charge in [0.05, 0.1) is 30.5 Å². The molecule has 2 aromatic heterocycles. The number of halogens is 1. The molecule has 0 radical (unpaired) electrons. The number of aromatic nitrogens is 2. The van der Waals surface area contributed by atoms with Gasteiger partial charge in [-0.05, 0) is 60.3 Å². The monoisotopic (exact) mass is 577 g/mol. The Morgan fingerprint density at radius 3 is 2.48 bits per heavy atom. The minimum atomic E-state index is -4.09. The van der Waals surface area contributed by atoms with E-state index in [1.54, 1.807) is 23.1 Å². The first-order chi connectivity index (χ1) is 19.4. The maximum Gasteiger partial charge on any atom is 0.243 e. The zero-order chi connectivity index (χ0) is 28.1. The molecule has 206 valence electrons. The summed E-state index contributed by atoms with van der Waals surface area (Å²) >= 11 is 1.56. The van der Waals surface area contributed by atoms with Crippen LogP contribution in [0.3, 0.4) is 0 Å². The summed E-state index contributed by atoms with van der Waals surface area (Å²) < 4.78 is 56.0. The smallest absolute Gasteiger partial charge is 0.243 e. The van der Waals surface area contributed by atoms with Crippen molar-refractivity contribution in [3.63, 3.8) is 0 Å². The van der Waals surface area contributed by atoms with Gasteiger partial charge in [0, 0.05) is 35.3 Å². The lowest BCUT2D eigenvalue weighted by molar-refractivity contribution is 0.384. The standard InChI is InChI=1S/C30H28FN3O4S2/c1-37-25-11-6-8-22(18-25)30-23(21-34(32-30)24-9-4-3-5-10-24)20-33(16-15-26-12-7-17-39-26)40(35,36)27-13-14-29(38-2)28(31)19-27/h3-14,17-19,21H,15-16,20H2,1-2H3.